The van der Waals surface area contributed by atoms with Crippen LogP contribution in [0.5, 0.6) is 0 Å². The molecular formula is C25H24F2N6O. The van der Waals surface area contributed by atoms with E-state index in [4.69, 9.17) is 14.7 Å². The van der Waals surface area contributed by atoms with Crippen LogP contribution in [-0.4, -0.2) is 35.8 Å². The van der Waals surface area contributed by atoms with Crippen LogP contribution in [0.25, 0.3) is 22.4 Å². The third kappa shape index (κ3) is 3.94. The van der Waals surface area contributed by atoms with E-state index in [1.54, 1.807) is 6.20 Å². The maximum absolute atomic E-state index is 14.8. The highest BCUT2D eigenvalue weighted by Crippen LogP contribution is 2.41. The fourth-order valence-corrected chi connectivity index (χ4v) is 4.69. The summed E-state index contributed by atoms with van der Waals surface area (Å²) in [5.41, 5.74) is 3.04. The minimum absolute atomic E-state index is 0.0121. The van der Waals surface area contributed by atoms with E-state index in [0.29, 0.717) is 40.8 Å². The Morgan fingerprint density at radius 1 is 1.06 bits per heavy atom. The van der Waals surface area contributed by atoms with E-state index in [1.807, 2.05) is 24.7 Å². The Kier molecular flexibility index (Phi) is 5.09. The molecule has 0 amide bonds. The van der Waals surface area contributed by atoms with Gasteiger partial charge in [-0.1, -0.05) is 0 Å². The number of hydrogen-bond acceptors (Lipinski definition) is 6. The molecule has 1 aliphatic carbocycles. The van der Waals surface area contributed by atoms with E-state index >= 15 is 0 Å². The average molecular weight is 463 g/mol. The van der Waals surface area contributed by atoms with Crippen LogP contribution in [0, 0.1) is 18.6 Å². The normalized spacial score (nSPS) is 22.9. The Morgan fingerprint density at radius 3 is 2.71 bits per heavy atom. The van der Waals surface area contributed by atoms with Crippen LogP contribution in [0.2, 0.25) is 0 Å². The second kappa shape index (κ2) is 8.16. The molecule has 34 heavy (non-hydrogen) atoms. The molecule has 1 saturated carbocycles. The molecule has 1 aliphatic heterocycles. The van der Waals surface area contributed by atoms with Crippen LogP contribution >= 0.6 is 0 Å². The summed E-state index contributed by atoms with van der Waals surface area (Å²) in [5.74, 6) is -0.790. The van der Waals surface area contributed by atoms with Crippen molar-refractivity contribution in [1.29, 1.82) is 0 Å². The first-order valence-electron chi connectivity index (χ1n) is 11.6. The van der Waals surface area contributed by atoms with Crippen molar-refractivity contribution in [1.82, 2.24) is 29.7 Å². The Balaban J connectivity index is 1.41. The van der Waals surface area contributed by atoms with Crippen molar-refractivity contribution < 1.29 is 13.5 Å². The highest BCUT2D eigenvalue weighted by atomic mass is 19.1. The van der Waals surface area contributed by atoms with Crippen LogP contribution in [0.15, 0.2) is 36.8 Å². The van der Waals surface area contributed by atoms with E-state index < -0.39 is 11.6 Å². The molecule has 4 aromatic rings. The number of ether oxygens (including phenoxy) is 1. The van der Waals surface area contributed by atoms with Crippen molar-refractivity contribution in [2.75, 3.05) is 0 Å². The van der Waals surface area contributed by atoms with Crippen molar-refractivity contribution in [3.8, 4) is 11.3 Å². The molecule has 2 aliphatic rings. The molecule has 3 unspecified atom stereocenters. The molecule has 9 heteroatoms. The molecule has 174 valence electrons. The second-order valence-electron chi connectivity index (χ2n) is 9.33. The van der Waals surface area contributed by atoms with E-state index in [1.165, 1.54) is 25.0 Å². The largest absolute Gasteiger partial charge is 0.370 e. The predicted molar refractivity (Wildman–Crippen MR) is 121 cm³/mol. The summed E-state index contributed by atoms with van der Waals surface area (Å²) in [7, 11) is 0. The number of fused-ring (bicyclic) bond motifs is 1. The predicted octanol–water partition coefficient (Wildman–Crippen LogP) is 5.23. The summed E-state index contributed by atoms with van der Waals surface area (Å²) in [6, 6.07) is 3.97. The molecule has 6 rings (SSSR count). The van der Waals surface area contributed by atoms with Gasteiger partial charge in [-0.25, -0.2) is 28.7 Å². The number of hydrogen-bond donors (Lipinski definition) is 0. The molecule has 3 aromatic heterocycles. The van der Waals surface area contributed by atoms with Crippen LogP contribution in [-0.2, 0) is 4.74 Å². The van der Waals surface area contributed by atoms with Gasteiger partial charge in [-0.05, 0) is 51.7 Å². The zero-order chi connectivity index (χ0) is 23.4. The number of aromatic nitrogens is 6. The molecule has 0 radical (unpaired) electrons. The minimum atomic E-state index is -0.695. The molecule has 4 heterocycles. The first kappa shape index (κ1) is 21.2. The Morgan fingerprint density at radius 2 is 1.91 bits per heavy atom. The van der Waals surface area contributed by atoms with Gasteiger partial charge in [-0.3, -0.25) is 4.68 Å². The first-order valence-corrected chi connectivity index (χ1v) is 11.6. The third-order valence-corrected chi connectivity index (χ3v) is 6.52. The molecule has 2 fully saturated rings. The maximum Gasteiger partial charge on any atom is 0.182 e. The summed E-state index contributed by atoms with van der Waals surface area (Å²) in [6.45, 7) is 3.87. The van der Waals surface area contributed by atoms with Crippen molar-refractivity contribution in [2.45, 2.75) is 63.7 Å². The molecule has 1 saturated heterocycles. The first-order chi connectivity index (χ1) is 16.4. The summed E-state index contributed by atoms with van der Waals surface area (Å²) < 4.78 is 36.6. The van der Waals surface area contributed by atoms with Gasteiger partial charge in [0.1, 0.15) is 28.7 Å². The lowest BCUT2D eigenvalue weighted by Crippen LogP contribution is -2.26. The number of aryl methyl sites for hydroxylation is 1. The lowest BCUT2D eigenvalue weighted by atomic mass is 9.89. The van der Waals surface area contributed by atoms with Gasteiger partial charge in [-0.2, -0.15) is 5.10 Å². The fraction of sp³-hybridized carbons (Fsp3) is 0.400. The zero-order valence-corrected chi connectivity index (χ0v) is 18.9. The van der Waals surface area contributed by atoms with E-state index in [-0.39, 0.29) is 23.7 Å². The summed E-state index contributed by atoms with van der Waals surface area (Å²) >= 11 is 0. The summed E-state index contributed by atoms with van der Waals surface area (Å²) in [4.78, 5) is 18.5. The number of halogens is 2. The quantitative estimate of drug-likeness (QED) is 0.413. The average Bonchev–Trinajstić information content (AvgIpc) is 3.54. The molecule has 0 bridgehead atoms. The fourth-order valence-electron chi connectivity index (χ4n) is 4.69. The Hall–Kier alpha value is -3.33. The Bertz CT molecular complexity index is 1390. The van der Waals surface area contributed by atoms with Gasteiger partial charge in [0.05, 0.1) is 30.1 Å². The van der Waals surface area contributed by atoms with Crippen LogP contribution in [0.3, 0.4) is 0 Å². The number of benzene rings is 1. The molecule has 1 aromatic carbocycles. The van der Waals surface area contributed by atoms with Gasteiger partial charge in [0, 0.05) is 35.5 Å². The van der Waals surface area contributed by atoms with Gasteiger partial charge in [0.25, 0.3) is 0 Å². The highest BCUT2D eigenvalue weighted by Gasteiger charge is 2.33. The van der Waals surface area contributed by atoms with E-state index in [9.17, 15) is 8.78 Å². The minimum Gasteiger partial charge on any atom is -0.370 e. The van der Waals surface area contributed by atoms with Gasteiger partial charge in [0.15, 0.2) is 5.65 Å². The van der Waals surface area contributed by atoms with Gasteiger partial charge >= 0.3 is 0 Å². The van der Waals surface area contributed by atoms with Crippen LogP contribution in [0.4, 0.5) is 8.78 Å². The SMILES string of the molecule is Cc1cnc2c(-c3ccc(F)cc3F)nc(C3CC(C)OC(c4cnn(C5CC5)c4)C3)nc2n1. The van der Waals surface area contributed by atoms with E-state index in [0.717, 1.165) is 18.1 Å². The van der Waals surface area contributed by atoms with Crippen molar-refractivity contribution >= 4 is 11.2 Å². The van der Waals surface area contributed by atoms with E-state index in [2.05, 4.69) is 21.3 Å². The lowest BCUT2D eigenvalue weighted by Gasteiger charge is -2.33. The maximum atomic E-state index is 14.8. The molecule has 0 N–H and O–H groups in total. The summed E-state index contributed by atoms with van der Waals surface area (Å²) in [6.07, 6.45) is 9.15. The zero-order valence-electron chi connectivity index (χ0n) is 18.9. The van der Waals surface area contributed by atoms with Gasteiger partial charge in [-0.15, -0.1) is 0 Å². The van der Waals surface area contributed by atoms with Gasteiger partial charge < -0.3 is 4.74 Å². The second-order valence-corrected chi connectivity index (χ2v) is 9.33. The standard InChI is InChI=1S/C25H24F2N6O/c1-13-10-28-23-22(19-6-3-17(26)9-20(19)27)31-24(32-25(23)30-13)15-7-14(2)34-21(8-15)16-11-29-33(12-16)18-4-5-18/h3,6,9-12,14-15,18,21H,4-5,7-8H2,1-2H3. The smallest absolute Gasteiger partial charge is 0.182 e. The lowest BCUT2D eigenvalue weighted by molar-refractivity contribution is -0.0511. The topological polar surface area (TPSA) is 78.6 Å². The van der Waals surface area contributed by atoms with Gasteiger partial charge in [0.2, 0.25) is 0 Å². The van der Waals surface area contributed by atoms with Crippen molar-refractivity contribution in [3.63, 3.8) is 0 Å². The molecule has 7 nitrogen and oxygen atoms in total. The number of nitrogens with zero attached hydrogens (tertiary/aromatic N) is 6. The Labute approximate surface area is 195 Å². The van der Waals surface area contributed by atoms with Crippen LogP contribution < -0.4 is 0 Å². The third-order valence-electron chi connectivity index (χ3n) is 6.52. The highest BCUT2D eigenvalue weighted by molar-refractivity contribution is 5.86. The molecular weight excluding hydrogens is 438 g/mol. The summed E-state index contributed by atoms with van der Waals surface area (Å²) in [5, 5.41) is 4.51. The number of rotatable bonds is 4. The van der Waals surface area contributed by atoms with Crippen molar-refractivity contribution in [3.05, 3.63) is 65.5 Å². The van der Waals surface area contributed by atoms with Crippen LogP contribution in [0.1, 0.15) is 67.8 Å². The molecule has 0 spiro atoms. The monoisotopic (exact) mass is 462 g/mol. The van der Waals surface area contributed by atoms with Crippen molar-refractivity contribution in [2.24, 2.45) is 0 Å². The molecule has 3 atom stereocenters.